The molecule has 2 rings (SSSR count). The Morgan fingerprint density at radius 2 is 2.11 bits per heavy atom. The molecular formula is C12H9ClIN3O. The van der Waals surface area contributed by atoms with Gasteiger partial charge in [-0.05, 0) is 46.9 Å². The molecule has 1 heterocycles. The first-order valence-corrected chi connectivity index (χ1v) is 6.45. The zero-order valence-corrected chi connectivity index (χ0v) is 12.1. The number of nitrogens with zero attached hydrogens (tertiary/aromatic N) is 1. The van der Waals surface area contributed by atoms with E-state index in [4.69, 9.17) is 27.5 Å². The molecule has 0 unspecified atom stereocenters. The number of aromatic nitrogens is 1. The molecule has 0 aliphatic carbocycles. The van der Waals surface area contributed by atoms with Crippen LogP contribution in [0.15, 0.2) is 36.7 Å². The maximum atomic E-state index is 7.64. The molecule has 4 nitrogen and oxygen atoms in total. The second kappa shape index (κ2) is 5.53. The van der Waals surface area contributed by atoms with Crippen molar-refractivity contribution in [1.82, 2.24) is 4.98 Å². The predicted molar refractivity (Wildman–Crippen MR) is 81.0 cm³/mol. The molecule has 0 saturated heterocycles. The third-order valence-electron chi connectivity index (χ3n) is 2.19. The van der Waals surface area contributed by atoms with Crippen LogP contribution in [-0.2, 0) is 0 Å². The number of benzene rings is 1. The highest BCUT2D eigenvalue weighted by Gasteiger charge is 2.10. The average molecular weight is 374 g/mol. The number of nitrogens with one attached hydrogen (secondary N) is 1. The number of ether oxygens (including phenoxy) is 1. The molecule has 0 atom stereocenters. The van der Waals surface area contributed by atoms with Crippen molar-refractivity contribution in [1.29, 1.82) is 5.41 Å². The molecule has 0 saturated carbocycles. The fourth-order valence-electron chi connectivity index (χ4n) is 1.35. The van der Waals surface area contributed by atoms with Crippen LogP contribution < -0.4 is 10.5 Å². The molecule has 0 fully saturated rings. The minimum Gasteiger partial charge on any atom is -0.455 e. The van der Waals surface area contributed by atoms with Gasteiger partial charge in [-0.15, -0.1) is 0 Å². The van der Waals surface area contributed by atoms with E-state index in [2.05, 4.69) is 4.98 Å². The number of halogens is 2. The van der Waals surface area contributed by atoms with E-state index in [0.717, 1.165) is 0 Å². The largest absolute Gasteiger partial charge is 0.455 e. The first kappa shape index (κ1) is 13.1. The van der Waals surface area contributed by atoms with Crippen molar-refractivity contribution >= 4 is 43.6 Å². The van der Waals surface area contributed by atoms with Gasteiger partial charge in [-0.2, -0.15) is 0 Å². The Morgan fingerprint density at radius 1 is 1.33 bits per heavy atom. The van der Waals surface area contributed by atoms with Gasteiger partial charge in [0.15, 0.2) is 0 Å². The van der Waals surface area contributed by atoms with E-state index < -0.39 is 0 Å². The van der Waals surface area contributed by atoms with Crippen LogP contribution in [0.5, 0.6) is 11.5 Å². The maximum absolute atomic E-state index is 7.64. The number of nitrogen functional groups attached to an aromatic ring is 1. The van der Waals surface area contributed by atoms with Gasteiger partial charge >= 0.3 is 0 Å². The lowest BCUT2D eigenvalue weighted by Crippen LogP contribution is -1.96. The van der Waals surface area contributed by atoms with Gasteiger partial charge in [-0.1, -0.05) is 11.6 Å². The summed E-state index contributed by atoms with van der Waals surface area (Å²) in [6.45, 7) is 0. The van der Waals surface area contributed by atoms with E-state index in [0.29, 0.717) is 31.5 Å². The van der Waals surface area contributed by atoms with Crippen molar-refractivity contribution in [2.75, 3.05) is 5.73 Å². The van der Waals surface area contributed by atoms with Crippen LogP contribution >= 0.6 is 34.2 Å². The Kier molecular flexibility index (Phi) is 4.03. The third kappa shape index (κ3) is 2.91. The lowest BCUT2D eigenvalue weighted by atomic mass is 10.2. The summed E-state index contributed by atoms with van der Waals surface area (Å²) in [4.78, 5) is 3.97. The summed E-state index contributed by atoms with van der Waals surface area (Å²) in [5.74, 6) is 1.03. The number of pyridine rings is 1. The molecule has 1 aromatic carbocycles. The van der Waals surface area contributed by atoms with Gasteiger partial charge in [0, 0.05) is 18.1 Å². The molecule has 0 bridgehead atoms. The normalized spacial score (nSPS) is 10.1. The van der Waals surface area contributed by atoms with Crippen LogP contribution in [0.3, 0.4) is 0 Å². The van der Waals surface area contributed by atoms with Crippen molar-refractivity contribution < 1.29 is 4.74 Å². The first-order valence-electron chi connectivity index (χ1n) is 4.99. The molecule has 1 aromatic heterocycles. The molecule has 0 spiro atoms. The fourth-order valence-corrected chi connectivity index (χ4v) is 1.99. The van der Waals surface area contributed by atoms with Gasteiger partial charge in [0.05, 0.1) is 10.6 Å². The van der Waals surface area contributed by atoms with Gasteiger partial charge in [-0.25, -0.2) is 0 Å². The van der Waals surface area contributed by atoms with Crippen LogP contribution in [0.2, 0.25) is 5.02 Å². The van der Waals surface area contributed by atoms with Gasteiger partial charge in [0.1, 0.15) is 15.2 Å². The Hall–Kier alpha value is -1.34. The minimum absolute atomic E-state index is 0.349. The molecule has 0 aliphatic rings. The highest BCUT2D eigenvalue weighted by atomic mass is 127. The SMILES string of the molecule is N=C(I)c1cnccc1Oc1ccc(N)cc1Cl. The zero-order chi connectivity index (χ0) is 13.1. The van der Waals surface area contributed by atoms with Crippen molar-refractivity contribution in [2.45, 2.75) is 0 Å². The molecule has 0 aliphatic heterocycles. The van der Waals surface area contributed by atoms with E-state index in [1.54, 1.807) is 36.7 Å². The summed E-state index contributed by atoms with van der Waals surface area (Å²) in [6.07, 6.45) is 3.18. The summed E-state index contributed by atoms with van der Waals surface area (Å²) < 4.78 is 6.03. The van der Waals surface area contributed by atoms with Gasteiger partial charge in [0.2, 0.25) is 0 Å². The highest BCUT2D eigenvalue weighted by Crippen LogP contribution is 2.32. The van der Waals surface area contributed by atoms with Crippen LogP contribution in [0.25, 0.3) is 0 Å². The number of anilines is 1. The van der Waals surface area contributed by atoms with E-state index >= 15 is 0 Å². The Morgan fingerprint density at radius 3 is 2.78 bits per heavy atom. The standard InChI is InChI=1S/C12H9ClIN3O/c13-9-5-7(15)1-2-11(9)18-10-3-4-17-6-8(10)12(14)16/h1-6,16H,15H2. The third-order valence-corrected chi connectivity index (χ3v) is 3.07. The van der Waals surface area contributed by atoms with E-state index in [1.807, 2.05) is 22.6 Å². The topological polar surface area (TPSA) is 72.0 Å². The number of hydrogen-bond acceptors (Lipinski definition) is 4. The monoisotopic (exact) mass is 373 g/mol. The fraction of sp³-hybridized carbons (Fsp3) is 0. The van der Waals surface area contributed by atoms with E-state index in [-0.39, 0.29) is 0 Å². The minimum atomic E-state index is 0.349. The van der Waals surface area contributed by atoms with Gasteiger partial charge in [-0.3, -0.25) is 10.4 Å². The lowest BCUT2D eigenvalue weighted by molar-refractivity contribution is 0.481. The molecule has 18 heavy (non-hydrogen) atoms. The summed E-state index contributed by atoms with van der Waals surface area (Å²) in [7, 11) is 0. The highest BCUT2D eigenvalue weighted by molar-refractivity contribution is 14.1. The molecule has 6 heteroatoms. The van der Waals surface area contributed by atoms with E-state index in [9.17, 15) is 0 Å². The zero-order valence-electron chi connectivity index (χ0n) is 9.15. The van der Waals surface area contributed by atoms with Gasteiger partial charge in [0.25, 0.3) is 0 Å². The Bertz CT molecular complexity index is 604. The molecule has 2 aromatic rings. The average Bonchev–Trinajstić information content (AvgIpc) is 2.33. The summed E-state index contributed by atoms with van der Waals surface area (Å²) >= 11 is 7.94. The number of hydrogen-bond donors (Lipinski definition) is 2. The van der Waals surface area contributed by atoms with Crippen LogP contribution in [0, 0.1) is 5.41 Å². The molecule has 3 N–H and O–H groups in total. The van der Waals surface area contributed by atoms with Gasteiger partial charge < -0.3 is 10.5 Å². The number of nitrogens with two attached hydrogens (primary N) is 1. The van der Waals surface area contributed by atoms with Crippen LogP contribution in [-0.4, -0.2) is 8.70 Å². The van der Waals surface area contributed by atoms with Crippen molar-refractivity contribution in [3.8, 4) is 11.5 Å². The summed E-state index contributed by atoms with van der Waals surface area (Å²) in [5.41, 5.74) is 6.80. The molecule has 92 valence electrons. The summed E-state index contributed by atoms with van der Waals surface area (Å²) in [5, 5.41) is 8.07. The summed E-state index contributed by atoms with van der Waals surface area (Å²) in [6, 6.07) is 6.71. The van der Waals surface area contributed by atoms with Crippen LogP contribution in [0.1, 0.15) is 5.56 Å². The van der Waals surface area contributed by atoms with Crippen molar-refractivity contribution in [2.24, 2.45) is 0 Å². The quantitative estimate of drug-likeness (QED) is 0.487. The molecule has 0 amide bonds. The second-order valence-corrected chi connectivity index (χ2v) is 4.96. The van der Waals surface area contributed by atoms with Crippen molar-refractivity contribution in [3.63, 3.8) is 0 Å². The Labute approximate surface area is 123 Å². The molecule has 0 radical (unpaired) electrons. The van der Waals surface area contributed by atoms with E-state index in [1.165, 1.54) is 0 Å². The maximum Gasteiger partial charge on any atom is 0.146 e. The lowest BCUT2D eigenvalue weighted by Gasteiger charge is -2.10. The smallest absolute Gasteiger partial charge is 0.146 e. The Balaban J connectivity index is 2.37. The predicted octanol–water partition coefficient (Wildman–Crippen LogP) is 3.87. The van der Waals surface area contributed by atoms with Crippen molar-refractivity contribution in [3.05, 3.63) is 47.2 Å². The second-order valence-electron chi connectivity index (χ2n) is 3.48. The first-order chi connectivity index (χ1) is 8.58. The number of rotatable bonds is 3. The molecular weight excluding hydrogens is 365 g/mol. The van der Waals surface area contributed by atoms with Crippen LogP contribution in [0.4, 0.5) is 5.69 Å².